The minimum absolute atomic E-state index is 0.105. The molecule has 0 aliphatic rings. The highest BCUT2D eigenvalue weighted by Crippen LogP contribution is 2.25. The van der Waals surface area contributed by atoms with Crippen LogP contribution < -0.4 is 5.32 Å². The predicted molar refractivity (Wildman–Crippen MR) is 116 cm³/mol. The van der Waals surface area contributed by atoms with Gasteiger partial charge in [0.25, 0.3) is 0 Å². The highest BCUT2D eigenvalue weighted by Gasteiger charge is 2.26. The van der Waals surface area contributed by atoms with Crippen LogP contribution in [-0.2, 0) is 11.3 Å². The summed E-state index contributed by atoms with van der Waals surface area (Å²) in [5.74, 6) is -1.59. The van der Waals surface area contributed by atoms with Crippen molar-refractivity contribution in [2.24, 2.45) is 5.92 Å². The summed E-state index contributed by atoms with van der Waals surface area (Å²) in [7, 11) is 0. The van der Waals surface area contributed by atoms with Crippen LogP contribution in [-0.4, -0.2) is 30.2 Å². The predicted octanol–water partition coefficient (Wildman–Crippen LogP) is 4.03. The second-order valence-electron chi connectivity index (χ2n) is 8.18. The molecule has 3 aromatic heterocycles. The number of aryl methyl sites for hydroxylation is 2. The van der Waals surface area contributed by atoms with Crippen LogP contribution >= 0.6 is 0 Å². The van der Waals surface area contributed by atoms with Gasteiger partial charge in [-0.1, -0.05) is 19.9 Å². The molecule has 1 N–H and O–H groups in total. The van der Waals surface area contributed by atoms with Gasteiger partial charge < -0.3 is 9.88 Å². The van der Waals surface area contributed by atoms with Gasteiger partial charge in [0, 0.05) is 30.6 Å². The summed E-state index contributed by atoms with van der Waals surface area (Å²) in [6, 6.07) is 7.18. The first kappa shape index (κ1) is 21.6. The molecule has 0 unspecified atom stereocenters. The van der Waals surface area contributed by atoms with Crippen molar-refractivity contribution in [1.29, 1.82) is 0 Å². The van der Waals surface area contributed by atoms with Crippen LogP contribution in [0.25, 0.3) is 16.9 Å². The van der Waals surface area contributed by atoms with Crippen LogP contribution in [0.3, 0.4) is 0 Å². The van der Waals surface area contributed by atoms with Crippen molar-refractivity contribution >= 4 is 16.9 Å². The van der Waals surface area contributed by atoms with E-state index >= 15 is 0 Å². The van der Waals surface area contributed by atoms with Gasteiger partial charge in [0.2, 0.25) is 5.91 Å². The molecule has 166 valence electrons. The Balaban J connectivity index is 1.51. The Labute approximate surface area is 184 Å². The Morgan fingerprint density at radius 3 is 2.47 bits per heavy atom. The standard InChI is InChI=1S/C23H24F2N6O/c1-13(2)22(30-12-28-19-8-17(24)18(25)9-20(19)30)23(32)27-11-16-5-6-21(26-10-16)31-15(4)7-14(3)29-31/h5-10,12-13,22H,11H2,1-4H3,(H,27,32)/t22-/m1/s1. The number of hydrogen-bond donors (Lipinski definition) is 1. The van der Waals surface area contributed by atoms with E-state index in [0.29, 0.717) is 16.9 Å². The largest absolute Gasteiger partial charge is 0.350 e. The number of imidazole rings is 1. The molecule has 0 aliphatic carbocycles. The van der Waals surface area contributed by atoms with E-state index in [1.165, 1.54) is 6.33 Å². The number of amides is 1. The molecule has 4 aromatic rings. The smallest absolute Gasteiger partial charge is 0.243 e. The van der Waals surface area contributed by atoms with Crippen molar-refractivity contribution in [3.8, 4) is 5.82 Å². The molecule has 1 amide bonds. The van der Waals surface area contributed by atoms with Crippen LogP contribution in [0.1, 0.15) is 36.8 Å². The third-order valence-corrected chi connectivity index (χ3v) is 5.32. The summed E-state index contributed by atoms with van der Waals surface area (Å²) in [4.78, 5) is 21.6. The van der Waals surface area contributed by atoms with Crippen molar-refractivity contribution in [3.63, 3.8) is 0 Å². The summed E-state index contributed by atoms with van der Waals surface area (Å²) in [5.41, 5.74) is 3.39. The maximum atomic E-state index is 13.8. The number of benzene rings is 1. The Hall–Kier alpha value is -3.62. The number of pyridine rings is 1. The summed E-state index contributed by atoms with van der Waals surface area (Å²) in [5, 5.41) is 7.33. The lowest BCUT2D eigenvalue weighted by Crippen LogP contribution is -2.35. The fraction of sp³-hybridized carbons (Fsp3) is 0.304. The number of fused-ring (bicyclic) bond motifs is 1. The molecule has 0 bridgehead atoms. The van der Waals surface area contributed by atoms with E-state index in [9.17, 15) is 13.6 Å². The van der Waals surface area contributed by atoms with Crippen molar-refractivity contribution in [2.75, 3.05) is 0 Å². The lowest BCUT2D eigenvalue weighted by molar-refractivity contribution is -0.125. The fourth-order valence-electron chi connectivity index (χ4n) is 3.80. The Kier molecular flexibility index (Phi) is 5.73. The highest BCUT2D eigenvalue weighted by molar-refractivity contribution is 5.84. The molecule has 0 saturated heterocycles. The van der Waals surface area contributed by atoms with Gasteiger partial charge in [-0.2, -0.15) is 5.10 Å². The molecule has 0 saturated carbocycles. The van der Waals surface area contributed by atoms with Crippen molar-refractivity contribution < 1.29 is 13.6 Å². The van der Waals surface area contributed by atoms with E-state index in [1.54, 1.807) is 15.4 Å². The zero-order valence-electron chi connectivity index (χ0n) is 18.3. The summed E-state index contributed by atoms with van der Waals surface area (Å²) in [6.07, 6.45) is 3.14. The molecule has 9 heteroatoms. The number of carbonyl (C=O) groups excluding carboxylic acids is 1. The number of aromatic nitrogens is 5. The average Bonchev–Trinajstić information content (AvgIpc) is 3.29. The van der Waals surface area contributed by atoms with Gasteiger partial charge in [-0.15, -0.1) is 0 Å². The van der Waals surface area contributed by atoms with Crippen LogP contribution in [0.2, 0.25) is 0 Å². The second kappa shape index (κ2) is 8.49. The van der Waals surface area contributed by atoms with Gasteiger partial charge in [0.05, 0.1) is 23.1 Å². The molecule has 32 heavy (non-hydrogen) atoms. The van der Waals surface area contributed by atoms with Crippen LogP contribution in [0.5, 0.6) is 0 Å². The van der Waals surface area contributed by atoms with Gasteiger partial charge >= 0.3 is 0 Å². The van der Waals surface area contributed by atoms with E-state index < -0.39 is 17.7 Å². The number of halogens is 2. The quantitative estimate of drug-likeness (QED) is 0.493. The molecule has 3 heterocycles. The summed E-state index contributed by atoms with van der Waals surface area (Å²) in [6.45, 7) is 7.94. The fourth-order valence-corrected chi connectivity index (χ4v) is 3.80. The van der Waals surface area contributed by atoms with Crippen molar-refractivity contribution in [2.45, 2.75) is 40.3 Å². The third-order valence-electron chi connectivity index (χ3n) is 5.32. The van der Waals surface area contributed by atoms with E-state index in [0.717, 1.165) is 29.1 Å². The van der Waals surface area contributed by atoms with E-state index in [1.807, 2.05) is 45.9 Å². The Morgan fingerprint density at radius 2 is 1.84 bits per heavy atom. The normalized spacial score (nSPS) is 12.5. The zero-order chi connectivity index (χ0) is 23.0. The van der Waals surface area contributed by atoms with Crippen LogP contribution in [0.15, 0.2) is 42.9 Å². The topological polar surface area (TPSA) is 77.6 Å². The zero-order valence-corrected chi connectivity index (χ0v) is 18.3. The van der Waals surface area contributed by atoms with Gasteiger partial charge in [0.15, 0.2) is 17.5 Å². The molecule has 1 aromatic carbocycles. The molecular weight excluding hydrogens is 414 g/mol. The highest BCUT2D eigenvalue weighted by atomic mass is 19.2. The van der Waals surface area contributed by atoms with E-state index in [-0.39, 0.29) is 18.4 Å². The van der Waals surface area contributed by atoms with Gasteiger partial charge in [-0.25, -0.2) is 23.4 Å². The lowest BCUT2D eigenvalue weighted by Gasteiger charge is -2.22. The maximum Gasteiger partial charge on any atom is 0.243 e. The molecule has 4 rings (SSSR count). The number of carbonyl (C=O) groups is 1. The lowest BCUT2D eigenvalue weighted by atomic mass is 10.0. The van der Waals surface area contributed by atoms with Crippen molar-refractivity contribution in [3.05, 3.63) is 71.4 Å². The number of nitrogens with zero attached hydrogens (tertiary/aromatic N) is 5. The first-order valence-electron chi connectivity index (χ1n) is 10.3. The monoisotopic (exact) mass is 438 g/mol. The van der Waals surface area contributed by atoms with Crippen molar-refractivity contribution in [1.82, 2.24) is 29.6 Å². The van der Waals surface area contributed by atoms with Crippen LogP contribution in [0.4, 0.5) is 8.78 Å². The molecule has 0 fully saturated rings. The molecule has 0 spiro atoms. The number of rotatable bonds is 6. The Morgan fingerprint density at radius 1 is 1.09 bits per heavy atom. The summed E-state index contributed by atoms with van der Waals surface area (Å²) >= 11 is 0. The number of nitrogens with one attached hydrogen (secondary N) is 1. The molecule has 0 radical (unpaired) electrons. The van der Waals surface area contributed by atoms with Gasteiger partial charge in [-0.3, -0.25) is 4.79 Å². The summed E-state index contributed by atoms with van der Waals surface area (Å²) < 4.78 is 30.7. The Bertz CT molecular complexity index is 1280. The van der Waals surface area contributed by atoms with Gasteiger partial charge in [0.1, 0.15) is 6.04 Å². The number of hydrogen-bond acceptors (Lipinski definition) is 4. The van der Waals surface area contributed by atoms with E-state index in [4.69, 9.17) is 0 Å². The first-order valence-corrected chi connectivity index (χ1v) is 10.3. The molecule has 1 atom stereocenters. The van der Waals surface area contributed by atoms with Gasteiger partial charge in [-0.05, 0) is 37.5 Å². The molecular formula is C23H24F2N6O. The van der Waals surface area contributed by atoms with E-state index in [2.05, 4.69) is 20.4 Å². The average molecular weight is 438 g/mol. The third kappa shape index (κ3) is 4.10. The first-order chi connectivity index (χ1) is 15.2. The molecule has 7 nitrogen and oxygen atoms in total. The molecule has 0 aliphatic heterocycles. The minimum Gasteiger partial charge on any atom is -0.350 e. The van der Waals surface area contributed by atoms with Crippen LogP contribution in [0, 0.1) is 31.4 Å². The second-order valence-corrected chi connectivity index (χ2v) is 8.18. The SMILES string of the molecule is Cc1cc(C)n(-c2ccc(CNC(=O)[C@@H](C(C)C)n3cnc4cc(F)c(F)cc43)cn2)n1. The maximum absolute atomic E-state index is 13.8. The minimum atomic E-state index is -0.976.